The number of furan rings is 1. The summed E-state index contributed by atoms with van der Waals surface area (Å²) in [5.74, 6) is 0.520. The van der Waals surface area contributed by atoms with E-state index in [0.717, 1.165) is 16.1 Å². The lowest BCUT2D eigenvalue weighted by Crippen LogP contribution is -2.38. The number of rotatable bonds is 6. The molecule has 8 heteroatoms. The smallest absolute Gasteiger partial charge is 0.252 e. The first-order chi connectivity index (χ1) is 14.0. The van der Waals surface area contributed by atoms with Crippen LogP contribution >= 0.6 is 11.3 Å². The van der Waals surface area contributed by atoms with E-state index in [1.807, 2.05) is 13.0 Å². The molecule has 1 amide bonds. The van der Waals surface area contributed by atoms with Gasteiger partial charge in [-0.3, -0.25) is 4.79 Å². The van der Waals surface area contributed by atoms with Gasteiger partial charge in [-0.2, -0.15) is 0 Å². The van der Waals surface area contributed by atoms with E-state index in [1.54, 1.807) is 18.5 Å². The van der Waals surface area contributed by atoms with Crippen molar-refractivity contribution in [3.63, 3.8) is 0 Å². The fourth-order valence-electron chi connectivity index (χ4n) is 4.09. The summed E-state index contributed by atoms with van der Waals surface area (Å²) >= 11 is 1.53. The van der Waals surface area contributed by atoms with Crippen LogP contribution in [0.2, 0.25) is 0 Å². The number of primary amides is 1. The van der Waals surface area contributed by atoms with Gasteiger partial charge < -0.3 is 24.7 Å². The van der Waals surface area contributed by atoms with Crippen molar-refractivity contribution < 1.29 is 23.8 Å². The highest BCUT2D eigenvalue weighted by molar-refractivity contribution is 7.09. The van der Waals surface area contributed by atoms with Gasteiger partial charge >= 0.3 is 0 Å². The lowest BCUT2D eigenvalue weighted by molar-refractivity contribution is 0.0246. The molecule has 29 heavy (non-hydrogen) atoms. The molecular weight excluding hydrogens is 392 g/mol. The first-order valence-corrected chi connectivity index (χ1v) is 10.4. The maximum absolute atomic E-state index is 12.3. The highest BCUT2D eigenvalue weighted by Crippen LogP contribution is 2.46. The zero-order valence-electron chi connectivity index (χ0n) is 16.5. The number of aryl methyl sites for hydroxylation is 2. The summed E-state index contributed by atoms with van der Waals surface area (Å²) in [6.45, 7) is 4.97. The normalized spacial score (nSPS) is 16.2. The van der Waals surface area contributed by atoms with Gasteiger partial charge in [-0.15, -0.1) is 11.3 Å². The number of nitrogens with two attached hydrogens (primary N) is 1. The monoisotopic (exact) mass is 416 g/mol. The van der Waals surface area contributed by atoms with E-state index in [1.165, 1.54) is 11.3 Å². The van der Waals surface area contributed by atoms with Gasteiger partial charge in [-0.25, -0.2) is 4.98 Å². The molecule has 1 aliphatic rings. The Kier molecular flexibility index (Phi) is 5.33. The number of carbonyl (C=O) groups is 1. The van der Waals surface area contributed by atoms with Crippen molar-refractivity contribution in [1.82, 2.24) is 4.98 Å². The Balaban J connectivity index is 1.91. The quantitative estimate of drug-likeness (QED) is 0.639. The number of thiazole rings is 1. The Hall–Kier alpha value is -2.42. The Morgan fingerprint density at radius 1 is 1.34 bits per heavy atom. The third kappa shape index (κ3) is 3.41. The number of aromatic nitrogens is 1. The largest absolute Gasteiger partial charge is 0.488 e. The number of hydrogen-bond acceptors (Lipinski definition) is 7. The van der Waals surface area contributed by atoms with Crippen molar-refractivity contribution >= 4 is 28.2 Å². The van der Waals surface area contributed by atoms with Crippen LogP contribution in [0.4, 0.5) is 0 Å². The topological polar surface area (TPSA) is 108 Å². The van der Waals surface area contributed by atoms with Crippen molar-refractivity contribution in [3.05, 3.63) is 45.1 Å². The molecule has 3 aromatic rings. The molecule has 0 spiro atoms. The first-order valence-electron chi connectivity index (χ1n) is 9.53. The molecule has 1 fully saturated rings. The number of fused-ring (bicyclic) bond motifs is 1. The highest BCUT2D eigenvalue weighted by Gasteiger charge is 2.40. The van der Waals surface area contributed by atoms with E-state index in [2.05, 4.69) is 4.98 Å². The highest BCUT2D eigenvalue weighted by atomic mass is 32.1. The fourth-order valence-corrected chi connectivity index (χ4v) is 4.78. The summed E-state index contributed by atoms with van der Waals surface area (Å²) in [4.78, 5) is 17.5. The molecule has 1 aromatic carbocycles. The molecule has 0 saturated carbocycles. The average molecular weight is 416 g/mol. The van der Waals surface area contributed by atoms with Crippen molar-refractivity contribution in [2.75, 3.05) is 19.8 Å². The Labute approximate surface area is 172 Å². The van der Waals surface area contributed by atoms with Gasteiger partial charge in [-0.05, 0) is 38.8 Å². The summed E-state index contributed by atoms with van der Waals surface area (Å²) in [5.41, 5.74) is 9.49. The number of benzene rings is 1. The van der Waals surface area contributed by atoms with Crippen LogP contribution in [0, 0.1) is 13.8 Å². The summed E-state index contributed by atoms with van der Waals surface area (Å²) in [6.07, 6.45) is 1.22. The average Bonchev–Trinajstić information content (AvgIpc) is 3.28. The molecule has 0 atom stereocenters. The van der Waals surface area contributed by atoms with E-state index in [0.29, 0.717) is 60.7 Å². The second-order valence-corrected chi connectivity index (χ2v) is 8.35. The van der Waals surface area contributed by atoms with Crippen molar-refractivity contribution in [2.45, 2.75) is 38.7 Å². The number of aliphatic hydroxyl groups is 1. The minimum absolute atomic E-state index is 0.0894. The number of ether oxygens (including phenoxy) is 2. The molecule has 2 aromatic heterocycles. The Bertz CT molecular complexity index is 1050. The minimum Gasteiger partial charge on any atom is -0.488 e. The standard InChI is InChI=1S/C21H24N2O5S/c1-12-16(29-11-23-12)9-27-15-4-3-14-18(17(20(22)25)13(2)28-14)19(15)21(10-24)5-7-26-8-6-21/h3-4,11,24H,5-10H2,1-2H3,(H2,22,25). The van der Waals surface area contributed by atoms with Gasteiger partial charge in [0.2, 0.25) is 0 Å². The molecule has 0 radical (unpaired) electrons. The molecule has 0 bridgehead atoms. The van der Waals surface area contributed by atoms with Gasteiger partial charge in [0.05, 0.1) is 28.3 Å². The van der Waals surface area contributed by atoms with Crippen LogP contribution in [-0.2, 0) is 16.8 Å². The number of nitrogens with zero attached hydrogens (tertiary/aromatic N) is 1. The second-order valence-electron chi connectivity index (χ2n) is 7.41. The van der Waals surface area contributed by atoms with Crippen LogP contribution < -0.4 is 10.5 Å². The Morgan fingerprint density at radius 3 is 2.72 bits per heavy atom. The molecule has 4 rings (SSSR count). The number of hydrogen-bond donors (Lipinski definition) is 2. The van der Waals surface area contributed by atoms with Crippen LogP contribution in [0.5, 0.6) is 5.75 Å². The maximum atomic E-state index is 12.3. The predicted octanol–water partition coefficient (Wildman–Crippen LogP) is 3.22. The minimum atomic E-state index is -0.601. The van der Waals surface area contributed by atoms with E-state index in [9.17, 15) is 9.90 Å². The number of carbonyl (C=O) groups excluding carboxylic acids is 1. The molecule has 3 heterocycles. The van der Waals surface area contributed by atoms with Gasteiger partial charge in [0.15, 0.2) is 0 Å². The third-order valence-corrected chi connectivity index (χ3v) is 6.64. The van der Waals surface area contributed by atoms with Gasteiger partial charge in [0.25, 0.3) is 5.91 Å². The SMILES string of the molecule is Cc1ncsc1COc1ccc2oc(C)c(C(N)=O)c2c1C1(CO)CCOCC1. The van der Waals surface area contributed by atoms with Gasteiger partial charge in [-0.1, -0.05) is 0 Å². The van der Waals surface area contributed by atoms with Crippen LogP contribution in [-0.4, -0.2) is 35.8 Å². The van der Waals surface area contributed by atoms with E-state index in [4.69, 9.17) is 19.6 Å². The summed E-state index contributed by atoms with van der Waals surface area (Å²) in [5, 5.41) is 11.1. The van der Waals surface area contributed by atoms with E-state index < -0.39 is 11.3 Å². The molecule has 3 N–H and O–H groups in total. The van der Waals surface area contributed by atoms with E-state index >= 15 is 0 Å². The summed E-state index contributed by atoms with van der Waals surface area (Å²) in [7, 11) is 0. The molecule has 1 saturated heterocycles. The van der Waals surface area contributed by atoms with Gasteiger partial charge in [0.1, 0.15) is 23.7 Å². The first kappa shape index (κ1) is 19.9. The number of amides is 1. The summed E-state index contributed by atoms with van der Waals surface area (Å²) in [6, 6.07) is 3.63. The predicted molar refractivity (Wildman–Crippen MR) is 109 cm³/mol. The van der Waals surface area contributed by atoms with Crippen molar-refractivity contribution in [1.29, 1.82) is 0 Å². The van der Waals surface area contributed by atoms with Crippen LogP contribution in [0.1, 0.15) is 45.1 Å². The molecule has 1 aliphatic heterocycles. The molecular formula is C21H24N2O5S. The summed E-state index contributed by atoms with van der Waals surface area (Å²) < 4.78 is 17.6. The zero-order chi connectivity index (χ0) is 20.6. The van der Waals surface area contributed by atoms with Crippen LogP contribution in [0.25, 0.3) is 11.0 Å². The van der Waals surface area contributed by atoms with Crippen LogP contribution in [0.15, 0.2) is 22.1 Å². The third-order valence-electron chi connectivity index (χ3n) is 5.73. The Morgan fingerprint density at radius 2 is 2.10 bits per heavy atom. The molecule has 7 nitrogen and oxygen atoms in total. The lowest BCUT2D eigenvalue weighted by atomic mass is 9.72. The lowest BCUT2D eigenvalue weighted by Gasteiger charge is -2.37. The van der Waals surface area contributed by atoms with Crippen molar-refractivity contribution in [3.8, 4) is 5.75 Å². The molecule has 0 unspecified atom stereocenters. The van der Waals surface area contributed by atoms with Crippen LogP contribution in [0.3, 0.4) is 0 Å². The zero-order valence-corrected chi connectivity index (χ0v) is 17.3. The van der Waals surface area contributed by atoms with Crippen molar-refractivity contribution in [2.24, 2.45) is 5.73 Å². The number of aliphatic hydroxyl groups excluding tert-OH is 1. The second kappa shape index (κ2) is 7.78. The van der Waals surface area contributed by atoms with Gasteiger partial charge in [0, 0.05) is 29.6 Å². The molecule has 154 valence electrons. The maximum Gasteiger partial charge on any atom is 0.252 e. The fraction of sp³-hybridized carbons (Fsp3) is 0.429. The molecule has 0 aliphatic carbocycles. The van der Waals surface area contributed by atoms with E-state index in [-0.39, 0.29) is 6.61 Å².